The van der Waals surface area contributed by atoms with Gasteiger partial charge in [-0.05, 0) is 140 Å². The van der Waals surface area contributed by atoms with Crippen molar-refractivity contribution in [3.05, 3.63) is 217 Å². The molecular weight excluding hydrogens is 839 g/mol. The molecule has 0 aliphatic heterocycles. The number of aromatic nitrogens is 3. The second-order valence-electron chi connectivity index (χ2n) is 19.8. The highest BCUT2D eigenvalue weighted by Crippen LogP contribution is 2.47. The van der Waals surface area contributed by atoms with Crippen LogP contribution in [0.1, 0.15) is 86.7 Å². The molecule has 0 spiro atoms. The lowest BCUT2D eigenvalue weighted by atomic mass is 9.79. The second-order valence-corrected chi connectivity index (χ2v) is 19.8. The van der Waals surface area contributed by atoms with Crippen LogP contribution < -0.4 is 0 Å². The molecule has 0 atom stereocenters. The number of pyridine rings is 1. The average molecular weight is 901 g/mol. The Morgan fingerprint density at radius 2 is 1.13 bits per heavy atom. The SMILES string of the molecule is [2H]C([2H])([2H])c1ccc(-c2ccnc(-c3cc(-c4ccccc4)cc(-c4cccc5c4nc(-c4cc(C(C)C)cc(C(C)C)c4O)n5-c4cc(-c5ccccc5)c(C(C)(C)C)cc4-c4ccccc4)c3)c2)cc1. The minimum Gasteiger partial charge on any atom is -0.507 e. The van der Waals surface area contributed by atoms with Crippen molar-refractivity contribution < 1.29 is 9.22 Å². The number of imidazole rings is 1. The van der Waals surface area contributed by atoms with Gasteiger partial charge in [0, 0.05) is 27.0 Å². The number of fused-ring (bicyclic) bond motifs is 1. The summed E-state index contributed by atoms with van der Waals surface area (Å²) in [5.74, 6) is 1.14. The van der Waals surface area contributed by atoms with Gasteiger partial charge in [-0.1, -0.05) is 187 Å². The van der Waals surface area contributed by atoms with Gasteiger partial charge in [0.15, 0.2) is 0 Å². The maximum absolute atomic E-state index is 12.6. The fourth-order valence-electron chi connectivity index (χ4n) is 9.64. The summed E-state index contributed by atoms with van der Waals surface area (Å²) in [4.78, 5) is 10.7. The zero-order valence-corrected chi connectivity index (χ0v) is 40.4. The van der Waals surface area contributed by atoms with Gasteiger partial charge >= 0.3 is 0 Å². The van der Waals surface area contributed by atoms with Crippen LogP contribution in [-0.4, -0.2) is 19.6 Å². The molecule has 0 bridgehead atoms. The number of nitrogens with zero attached hydrogens (tertiary/aromatic N) is 3. The molecule has 340 valence electrons. The highest BCUT2D eigenvalue weighted by Gasteiger charge is 2.28. The van der Waals surface area contributed by atoms with Crippen molar-refractivity contribution in [3.63, 3.8) is 0 Å². The molecule has 0 aliphatic carbocycles. The van der Waals surface area contributed by atoms with Gasteiger partial charge in [-0.2, -0.15) is 0 Å². The second kappa shape index (κ2) is 18.3. The van der Waals surface area contributed by atoms with Crippen molar-refractivity contribution in [3.8, 4) is 89.7 Å². The third-order valence-electron chi connectivity index (χ3n) is 13.4. The molecule has 4 heteroatoms. The summed E-state index contributed by atoms with van der Waals surface area (Å²) in [7, 11) is 0. The van der Waals surface area contributed by atoms with Crippen molar-refractivity contribution >= 4 is 11.0 Å². The summed E-state index contributed by atoms with van der Waals surface area (Å²) in [6.45, 7) is 13.3. The molecule has 0 saturated carbocycles. The van der Waals surface area contributed by atoms with Crippen LogP contribution in [0.5, 0.6) is 5.75 Å². The minimum absolute atomic E-state index is 0.0614. The molecule has 0 unspecified atom stereocenters. The van der Waals surface area contributed by atoms with Crippen LogP contribution in [0.3, 0.4) is 0 Å². The van der Waals surface area contributed by atoms with E-state index < -0.39 is 6.85 Å². The molecule has 69 heavy (non-hydrogen) atoms. The first-order valence-corrected chi connectivity index (χ1v) is 24.0. The number of rotatable bonds is 10. The van der Waals surface area contributed by atoms with Crippen LogP contribution >= 0.6 is 0 Å². The molecule has 2 heterocycles. The zero-order chi connectivity index (χ0) is 50.5. The molecule has 1 N–H and O–H groups in total. The summed E-state index contributed by atoms with van der Waals surface area (Å²) >= 11 is 0. The largest absolute Gasteiger partial charge is 0.507 e. The quantitative estimate of drug-likeness (QED) is 0.149. The summed E-state index contributed by atoms with van der Waals surface area (Å²) in [6, 6.07) is 64.8. The van der Waals surface area contributed by atoms with Crippen LogP contribution in [0.15, 0.2) is 194 Å². The summed E-state index contributed by atoms with van der Waals surface area (Å²) in [5, 5.41) is 12.6. The number of hydrogen-bond acceptors (Lipinski definition) is 3. The fourth-order valence-corrected chi connectivity index (χ4v) is 9.64. The van der Waals surface area contributed by atoms with Gasteiger partial charge in [0.2, 0.25) is 0 Å². The lowest BCUT2D eigenvalue weighted by molar-refractivity contribution is 0.466. The van der Waals surface area contributed by atoms with Gasteiger partial charge in [0.1, 0.15) is 11.6 Å². The van der Waals surface area contributed by atoms with Crippen LogP contribution in [0, 0.1) is 6.85 Å². The molecule has 0 amide bonds. The van der Waals surface area contributed by atoms with Crippen molar-refractivity contribution in [1.82, 2.24) is 14.5 Å². The summed E-state index contributed by atoms with van der Waals surface area (Å²) in [5.41, 5.74) is 18.6. The fraction of sp³-hybridized carbons (Fsp3) is 0.169. The van der Waals surface area contributed by atoms with Crippen molar-refractivity contribution in [1.29, 1.82) is 0 Å². The van der Waals surface area contributed by atoms with Gasteiger partial charge in [-0.25, -0.2) is 4.98 Å². The Labute approximate surface area is 411 Å². The maximum atomic E-state index is 12.6. The summed E-state index contributed by atoms with van der Waals surface area (Å²) < 4.78 is 26.0. The lowest BCUT2D eigenvalue weighted by Crippen LogP contribution is -2.14. The van der Waals surface area contributed by atoms with E-state index in [9.17, 15) is 5.11 Å². The average Bonchev–Trinajstić information content (AvgIpc) is 3.78. The Morgan fingerprint density at radius 1 is 0.507 bits per heavy atom. The van der Waals surface area contributed by atoms with Gasteiger partial charge < -0.3 is 5.11 Å². The van der Waals surface area contributed by atoms with Gasteiger partial charge in [0.25, 0.3) is 0 Å². The highest BCUT2D eigenvalue weighted by molar-refractivity contribution is 5.99. The number of phenolic OH excluding ortho intramolecular Hbond substituents is 1. The van der Waals surface area contributed by atoms with Crippen LogP contribution in [0.25, 0.3) is 95.0 Å². The first-order chi connectivity index (χ1) is 34.5. The Balaban J connectivity index is 1.28. The number of aromatic hydroxyl groups is 1. The van der Waals surface area contributed by atoms with Crippen LogP contribution in [0.4, 0.5) is 0 Å². The van der Waals surface area contributed by atoms with E-state index in [0.717, 1.165) is 94.7 Å². The van der Waals surface area contributed by atoms with Gasteiger partial charge in [-0.3, -0.25) is 9.55 Å². The Hall–Kier alpha value is -7.82. The molecule has 10 aromatic rings. The van der Waals surface area contributed by atoms with Crippen LogP contribution in [-0.2, 0) is 5.41 Å². The Morgan fingerprint density at radius 3 is 1.77 bits per heavy atom. The Kier molecular flexibility index (Phi) is 11.0. The van der Waals surface area contributed by atoms with E-state index in [1.807, 2.05) is 30.5 Å². The van der Waals surface area contributed by atoms with E-state index in [4.69, 9.17) is 14.1 Å². The van der Waals surface area contributed by atoms with Crippen molar-refractivity contribution in [2.75, 3.05) is 0 Å². The molecular formula is C65H59N3O. The number of hydrogen-bond donors (Lipinski definition) is 1. The van der Waals surface area contributed by atoms with E-state index >= 15 is 0 Å². The van der Waals surface area contributed by atoms with E-state index in [0.29, 0.717) is 17.0 Å². The standard InChI is InChI=1S/C65H59N3O/c1-41(2)49-36-54(42(3)4)63(69)57(37-49)64-67-62-53(51-33-50(44-19-12-9-13-20-44)34-52(35-51)59-38-48(31-32-66-59)45-29-27-43(5)28-30-45)25-18-26-60(62)68(64)61-40-55(46-21-14-10-15-22-46)58(65(6,7)8)39-56(61)47-23-16-11-17-24-47/h9-42,69H,1-8H3/i5D3. The van der Waals surface area contributed by atoms with Gasteiger partial charge in [-0.15, -0.1) is 0 Å². The lowest BCUT2D eigenvalue weighted by Gasteiger charge is -2.27. The first-order valence-electron chi connectivity index (χ1n) is 25.5. The predicted octanol–water partition coefficient (Wildman–Crippen LogP) is 17.6. The minimum atomic E-state index is -2.18. The molecule has 10 rings (SSSR count). The highest BCUT2D eigenvalue weighted by atomic mass is 16.3. The maximum Gasteiger partial charge on any atom is 0.149 e. The smallest absolute Gasteiger partial charge is 0.149 e. The number of para-hydroxylation sites is 1. The molecule has 4 nitrogen and oxygen atoms in total. The summed E-state index contributed by atoms with van der Waals surface area (Å²) in [6.07, 6.45) is 1.81. The normalized spacial score (nSPS) is 12.6. The zero-order valence-electron chi connectivity index (χ0n) is 43.4. The molecule has 0 radical (unpaired) electrons. The van der Waals surface area contributed by atoms with Crippen LogP contribution in [0.2, 0.25) is 0 Å². The predicted molar refractivity (Wildman–Crippen MR) is 290 cm³/mol. The Bertz CT molecular complexity index is 3590. The molecule has 0 aliphatic rings. The molecule has 0 fully saturated rings. The molecule has 0 saturated heterocycles. The van der Waals surface area contributed by atoms with Crippen molar-refractivity contribution in [2.24, 2.45) is 0 Å². The molecule has 8 aromatic carbocycles. The first kappa shape index (κ1) is 41.4. The van der Waals surface area contributed by atoms with Crippen molar-refractivity contribution in [2.45, 2.75) is 72.6 Å². The number of benzene rings is 8. The number of phenols is 1. The van der Waals surface area contributed by atoms with E-state index in [-0.39, 0.29) is 23.0 Å². The van der Waals surface area contributed by atoms with E-state index in [1.165, 1.54) is 5.56 Å². The monoisotopic (exact) mass is 900 g/mol. The van der Waals surface area contributed by atoms with E-state index in [1.54, 1.807) is 12.1 Å². The van der Waals surface area contributed by atoms with Gasteiger partial charge in [0.05, 0.1) is 28.0 Å². The number of aryl methyl sites for hydroxylation is 1. The topological polar surface area (TPSA) is 50.9 Å². The van der Waals surface area contributed by atoms with E-state index in [2.05, 4.69) is 205 Å². The molecule has 2 aromatic heterocycles. The third kappa shape index (κ3) is 8.80. The third-order valence-corrected chi connectivity index (χ3v) is 13.4.